The zero-order valence-corrected chi connectivity index (χ0v) is 10.3. The normalized spacial score (nSPS) is 18.2. The first kappa shape index (κ1) is 12.3. The van der Waals surface area contributed by atoms with Crippen molar-refractivity contribution in [3.8, 4) is 6.07 Å². The van der Waals surface area contributed by atoms with E-state index in [0.29, 0.717) is 12.6 Å². The van der Waals surface area contributed by atoms with E-state index in [1.165, 1.54) is 25.7 Å². The van der Waals surface area contributed by atoms with E-state index in [2.05, 4.69) is 11.4 Å². The lowest BCUT2D eigenvalue weighted by molar-refractivity contribution is 0.436. The molecule has 1 rings (SSSR count). The van der Waals surface area contributed by atoms with E-state index in [0.717, 1.165) is 5.11 Å². The number of hydrogen-bond acceptors (Lipinski definition) is 2. The minimum atomic E-state index is 0.0262. The third-order valence-electron chi connectivity index (χ3n) is 2.80. The standard InChI is InChI=1S/C11H19N3S/c1-9(7-12)8-14(2)11(15)13-10-5-3-4-6-10/h9-10H,3-6,8H2,1-2H3,(H,13,15). The molecule has 1 fully saturated rings. The highest BCUT2D eigenvalue weighted by atomic mass is 32.1. The Morgan fingerprint density at radius 1 is 1.60 bits per heavy atom. The van der Waals surface area contributed by atoms with Gasteiger partial charge in [-0.1, -0.05) is 12.8 Å². The molecule has 0 aromatic heterocycles. The van der Waals surface area contributed by atoms with Crippen molar-refractivity contribution in [3.63, 3.8) is 0 Å². The Hall–Kier alpha value is -0.820. The lowest BCUT2D eigenvalue weighted by Crippen LogP contribution is -2.43. The molecule has 1 unspecified atom stereocenters. The van der Waals surface area contributed by atoms with Crippen molar-refractivity contribution < 1.29 is 0 Å². The number of nitrogens with one attached hydrogen (secondary N) is 1. The quantitative estimate of drug-likeness (QED) is 0.745. The average Bonchev–Trinajstić information content (AvgIpc) is 2.70. The van der Waals surface area contributed by atoms with Crippen LogP contribution in [0.5, 0.6) is 0 Å². The molecule has 1 N–H and O–H groups in total. The molecule has 0 radical (unpaired) electrons. The van der Waals surface area contributed by atoms with E-state index in [1.807, 2.05) is 18.9 Å². The molecular formula is C11H19N3S. The summed E-state index contributed by atoms with van der Waals surface area (Å²) in [6.07, 6.45) is 5.06. The number of nitriles is 1. The van der Waals surface area contributed by atoms with E-state index in [-0.39, 0.29) is 5.92 Å². The monoisotopic (exact) mass is 225 g/mol. The number of nitrogens with zero attached hydrogens (tertiary/aromatic N) is 2. The SMILES string of the molecule is CC(C#N)CN(C)C(=S)NC1CCCC1. The van der Waals surface area contributed by atoms with Crippen molar-refractivity contribution in [2.75, 3.05) is 13.6 Å². The van der Waals surface area contributed by atoms with Gasteiger partial charge in [0, 0.05) is 19.6 Å². The summed E-state index contributed by atoms with van der Waals surface area (Å²) >= 11 is 5.29. The van der Waals surface area contributed by atoms with E-state index in [9.17, 15) is 0 Å². The zero-order chi connectivity index (χ0) is 11.3. The topological polar surface area (TPSA) is 39.1 Å². The van der Waals surface area contributed by atoms with Gasteiger partial charge >= 0.3 is 0 Å². The summed E-state index contributed by atoms with van der Waals surface area (Å²) in [6, 6.07) is 2.77. The van der Waals surface area contributed by atoms with Gasteiger partial charge in [0.25, 0.3) is 0 Å². The molecule has 0 spiro atoms. The molecule has 0 aromatic carbocycles. The number of thiocarbonyl (C=S) groups is 1. The van der Waals surface area contributed by atoms with Crippen LogP contribution in [-0.2, 0) is 0 Å². The Morgan fingerprint density at radius 3 is 2.73 bits per heavy atom. The lowest BCUT2D eigenvalue weighted by Gasteiger charge is -2.24. The highest BCUT2D eigenvalue weighted by Gasteiger charge is 2.17. The Kier molecular flexibility index (Phi) is 4.83. The van der Waals surface area contributed by atoms with Crippen molar-refractivity contribution >= 4 is 17.3 Å². The summed E-state index contributed by atoms with van der Waals surface area (Å²) in [5.74, 6) is 0.0262. The van der Waals surface area contributed by atoms with Gasteiger partial charge in [0.05, 0.1) is 12.0 Å². The maximum Gasteiger partial charge on any atom is 0.168 e. The molecule has 1 aliphatic rings. The van der Waals surface area contributed by atoms with E-state index < -0.39 is 0 Å². The Bertz CT molecular complexity index is 253. The predicted octanol–water partition coefficient (Wildman–Crippen LogP) is 1.89. The second-order valence-corrected chi connectivity index (χ2v) is 4.73. The third kappa shape index (κ3) is 4.05. The minimum Gasteiger partial charge on any atom is -0.360 e. The summed E-state index contributed by atoms with van der Waals surface area (Å²) in [5.41, 5.74) is 0. The first-order valence-electron chi connectivity index (χ1n) is 5.54. The summed E-state index contributed by atoms with van der Waals surface area (Å²) in [4.78, 5) is 1.96. The summed E-state index contributed by atoms with van der Waals surface area (Å²) in [7, 11) is 1.94. The summed E-state index contributed by atoms with van der Waals surface area (Å²) in [5, 5.41) is 12.8. The van der Waals surface area contributed by atoms with Crippen LogP contribution in [0.4, 0.5) is 0 Å². The summed E-state index contributed by atoms with van der Waals surface area (Å²) < 4.78 is 0. The fourth-order valence-corrected chi connectivity index (χ4v) is 2.13. The maximum absolute atomic E-state index is 8.71. The molecule has 15 heavy (non-hydrogen) atoms. The largest absolute Gasteiger partial charge is 0.360 e. The van der Waals surface area contributed by atoms with Gasteiger partial charge in [-0.05, 0) is 32.0 Å². The van der Waals surface area contributed by atoms with Gasteiger partial charge in [-0.2, -0.15) is 5.26 Å². The van der Waals surface area contributed by atoms with Gasteiger partial charge in [-0.15, -0.1) is 0 Å². The van der Waals surface area contributed by atoms with Gasteiger partial charge in [0.2, 0.25) is 0 Å². The highest BCUT2D eigenvalue weighted by molar-refractivity contribution is 7.80. The van der Waals surface area contributed by atoms with Crippen LogP contribution in [0, 0.1) is 17.2 Å². The van der Waals surface area contributed by atoms with E-state index >= 15 is 0 Å². The highest BCUT2D eigenvalue weighted by Crippen LogP contribution is 2.17. The smallest absolute Gasteiger partial charge is 0.168 e. The molecule has 0 aliphatic heterocycles. The maximum atomic E-state index is 8.71. The molecule has 1 atom stereocenters. The second-order valence-electron chi connectivity index (χ2n) is 4.34. The Morgan fingerprint density at radius 2 is 2.20 bits per heavy atom. The van der Waals surface area contributed by atoms with Crippen molar-refractivity contribution in [2.45, 2.75) is 38.6 Å². The third-order valence-corrected chi connectivity index (χ3v) is 3.23. The van der Waals surface area contributed by atoms with E-state index in [1.54, 1.807) is 0 Å². The van der Waals surface area contributed by atoms with Gasteiger partial charge in [0.15, 0.2) is 5.11 Å². The van der Waals surface area contributed by atoms with Gasteiger partial charge in [-0.3, -0.25) is 0 Å². The zero-order valence-electron chi connectivity index (χ0n) is 9.49. The number of rotatable bonds is 3. The van der Waals surface area contributed by atoms with Crippen molar-refractivity contribution in [1.82, 2.24) is 10.2 Å². The predicted molar refractivity (Wildman–Crippen MR) is 65.4 cm³/mol. The van der Waals surface area contributed by atoms with Crippen molar-refractivity contribution in [1.29, 1.82) is 5.26 Å². The fourth-order valence-electron chi connectivity index (χ4n) is 1.89. The molecular weight excluding hydrogens is 206 g/mol. The first-order valence-corrected chi connectivity index (χ1v) is 5.95. The molecule has 1 saturated carbocycles. The minimum absolute atomic E-state index is 0.0262. The molecule has 0 bridgehead atoms. The molecule has 84 valence electrons. The van der Waals surface area contributed by atoms with Gasteiger partial charge < -0.3 is 10.2 Å². The lowest BCUT2D eigenvalue weighted by atomic mass is 10.2. The molecule has 0 amide bonds. The fraction of sp³-hybridized carbons (Fsp3) is 0.818. The second kappa shape index (κ2) is 5.92. The average molecular weight is 225 g/mol. The molecule has 0 aromatic rings. The summed E-state index contributed by atoms with van der Waals surface area (Å²) in [6.45, 7) is 2.61. The van der Waals surface area contributed by atoms with Crippen LogP contribution >= 0.6 is 12.2 Å². The van der Waals surface area contributed by atoms with E-state index in [4.69, 9.17) is 17.5 Å². The number of hydrogen-bond donors (Lipinski definition) is 1. The molecule has 0 heterocycles. The molecule has 1 aliphatic carbocycles. The van der Waals surface area contributed by atoms with Gasteiger partial charge in [0.1, 0.15) is 0 Å². The van der Waals surface area contributed by atoms with Crippen LogP contribution in [-0.4, -0.2) is 29.6 Å². The van der Waals surface area contributed by atoms with Crippen molar-refractivity contribution in [3.05, 3.63) is 0 Å². The van der Waals surface area contributed by atoms with Crippen LogP contribution in [0.25, 0.3) is 0 Å². The van der Waals surface area contributed by atoms with Crippen LogP contribution in [0.2, 0.25) is 0 Å². The molecule has 4 heteroatoms. The first-order chi connectivity index (χ1) is 7.13. The van der Waals surface area contributed by atoms with Crippen LogP contribution in [0.1, 0.15) is 32.6 Å². The van der Waals surface area contributed by atoms with Crippen LogP contribution in [0.3, 0.4) is 0 Å². The van der Waals surface area contributed by atoms with Crippen LogP contribution < -0.4 is 5.32 Å². The Labute approximate surface area is 97.4 Å². The van der Waals surface area contributed by atoms with Gasteiger partial charge in [-0.25, -0.2) is 0 Å². The molecule has 0 saturated heterocycles. The van der Waals surface area contributed by atoms with Crippen LogP contribution in [0.15, 0.2) is 0 Å². The Balaban J connectivity index is 2.29. The molecule has 3 nitrogen and oxygen atoms in total. The van der Waals surface area contributed by atoms with Crippen molar-refractivity contribution in [2.24, 2.45) is 5.92 Å².